The summed E-state index contributed by atoms with van der Waals surface area (Å²) in [7, 11) is 0. The molecule has 0 atom stereocenters. The Hall–Kier alpha value is -2.27. The van der Waals surface area contributed by atoms with Gasteiger partial charge in [-0.2, -0.15) is 10.2 Å². The maximum Gasteiger partial charge on any atom is 0.143 e. The highest BCUT2D eigenvalue weighted by Gasteiger charge is 2.15. The molecule has 0 bridgehead atoms. The fourth-order valence-corrected chi connectivity index (χ4v) is 2.60. The molecule has 0 spiro atoms. The quantitative estimate of drug-likeness (QED) is 0.801. The van der Waals surface area contributed by atoms with Gasteiger partial charge in [-0.15, -0.1) is 0 Å². The number of benzene rings is 1. The molecular weight excluding hydrogens is 262 g/mol. The molecule has 3 rings (SSSR count). The van der Waals surface area contributed by atoms with Crippen molar-refractivity contribution in [1.29, 1.82) is 0 Å². The van der Waals surface area contributed by atoms with Crippen LogP contribution in [0.4, 0.5) is 0 Å². The van der Waals surface area contributed by atoms with Crippen molar-refractivity contribution in [2.24, 2.45) is 5.73 Å². The first-order valence-corrected chi connectivity index (χ1v) is 7.14. The normalized spacial score (nSPS) is 11.2. The Morgan fingerprint density at radius 1 is 1.14 bits per heavy atom. The van der Waals surface area contributed by atoms with Crippen LogP contribution in [-0.2, 0) is 13.1 Å². The minimum Gasteiger partial charge on any atom is -0.326 e. The van der Waals surface area contributed by atoms with E-state index in [0.29, 0.717) is 6.54 Å². The van der Waals surface area contributed by atoms with Gasteiger partial charge in [0.05, 0.1) is 22.4 Å². The molecule has 0 amide bonds. The smallest absolute Gasteiger partial charge is 0.143 e. The number of fused-ring (bicyclic) bond motifs is 1. The van der Waals surface area contributed by atoms with Crippen LogP contribution >= 0.6 is 0 Å². The number of aryl methyl sites for hydroxylation is 3. The van der Waals surface area contributed by atoms with E-state index in [1.54, 1.807) is 0 Å². The molecule has 108 valence electrons. The second-order valence-electron chi connectivity index (χ2n) is 5.19. The molecule has 2 N–H and O–H groups in total. The van der Waals surface area contributed by atoms with E-state index < -0.39 is 0 Å². The third-order valence-corrected chi connectivity index (χ3v) is 3.71. The zero-order valence-electron chi connectivity index (χ0n) is 12.6. The first kappa shape index (κ1) is 13.7. The Balaban J connectivity index is 2.29. The van der Waals surface area contributed by atoms with E-state index in [1.807, 2.05) is 19.9 Å². The Kier molecular flexibility index (Phi) is 3.43. The standard InChI is InChI=1S/C16H19N5/c1-4-21-15-6-5-12(9-17)8-14(15)18-16(21)13-7-10(2)19-20-11(13)3/h5-8H,4,9,17H2,1-3H3. The van der Waals surface area contributed by atoms with Gasteiger partial charge in [0, 0.05) is 18.7 Å². The highest BCUT2D eigenvalue weighted by atomic mass is 15.1. The third kappa shape index (κ3) is 2.29. The lowest BCUT2D eigenvalue weighted by atomic mass is 10.2. The largest absolute Gasteiger partial charge is 0.326 e. The van der Waals surface area contributed by atoms with Gasteiger partial charge in [0.1, 0.15) is 5.82 Å². The average molecular weight is 281 g/mol. The first-order valence-electron chi connectivity index (χ1n) is 7.14. The zero-order valence-corrected chi connectivity index (χ0v) is 12.6. The lowest BCUT2D eigenvalue weighted by Crippen LogP contribution is -2.01. The molecule has 21 heavy (non-hydrogen) atoms. The van der Waals surface area contributed by atoms with Crippen LogP contribution in [-0.4, -0.2) is 19.7 Å². The molecule has 2 aromatic heterocycles. The highest BCUT2D eigenvalue weighted by molar-refractivity contribution is 5.81. The van der Waals surface area contributed by atoms with Gasteiger partial charge in [-0.3, -0.25) is 0 Å². The van der Waals surface area contributed by atoms with Crippen molar-refractivity contribution in [3.63, 3.8) is 0 Å². The van der Waals surface area contributed by atoms with Crippen LogP contribution in [0.2, 0.25) is 0 Å². The van der Waals surface area contributed by atoms with Crippen molar-refractivity contribution in [2.45, 2.75) is 33.9 Å². The van der Waals surface area contributed by atoms with Crippen LogP contribution in [0.15, 0.2) is 24.3 Å². The molecule has 0 aliphatic rings. The average Bonchev–Trinajstić information content (AvgIpc) is 2.86. The minimum absolute atomic E-state index is 0.527. The minimum atomic E-state index is 0.527. The Labute approximate surface area is 123 Å². The van der Waals surface area contributed by atoms with Gasteiger partial charge in [-0.25, -0.2) is 4.98 Å². The zero-order chi connectivity index (χ0) is 15.0. The topological polar surface area (TPSA) is 69.6 Å². The number of hydrogen-bond donors (Lipinski definition) is 1. The highest BCUT2D eigenvalue weighted by Crippen LogP contribution is 2.27. The molecule has 0 unspecified atom stereocenters. The van der Waals surface area contributed by atoms with Crippen LogP contribution < -0.4 is 5.73 Å². The number of aromatic nitrogens is 4. The Morgan fingerprint density at radius 2 is 1.95 bits per heavy atom. The van der Waals surface area contributed by atoms with Crippen molar-refractivity contribution >= 4 is 11.0 Å². The summed E-state index contributed by atoms with van der Waals surface area (Å²) >= 11 is 0. The molecule has 5 nitrogen and oxygen atoms in total. The lowest BCUT2D eigenvalue weighted by Gasteiger charge is -2.08. The summed E-state index contributed by atoms with van der Waals surface area (Å²) in [5.74, 6) is 0.942. The van der Waals surface area contributed by atoms with Gasteiger partial charge in [0.15, 0.2) is 0 Å². The molecular formula is C16H19N5. The second kappa shape index (κ2) is 5.26. The van der Waals surface area contributed by atoms with Gasteiger partial charge in [0.2, 0.25) is 0 Å². The van der Waals surface area contributed by atoms with E-state index in [4.69, 9.17) is 10.7 Å². The number of nitrogens with zero attached hydrogens (tertiary/aromatic N) is 4. The van der Waals surface area contributed by atoms with E-state index in [2.05, 4.69) is 39.9 Å². The molecule has 0 saturated carbocycles. The Morgan fingerprint density at radius 3 is 2.67 bits per heavy atom. The molecule has 0 aliphatic heterocycles. The summed E-state index contributed by atoms with van der Waals surface area (Å²) in [5, 5.41) is 8.31. The molecule has 2 heterocycles. The van der Waals surface area contributed by atoms with Crippen LogP contribution in [0, 0.1) is 13.8 Å². The molecule has 3 aromatic rings. The predicted molar refractivity (Wildman–Crippen MR) is 83.8 cm³/mol. The number of rotatable bonds is 3. The maximum absolute atomic E-state index is 5.72. The first-order chi connectivity index (χ1) is 10.1. The molecule has 0 radical (unpaired) electrons. The van der Waals surface area contributed by atoms with E-state index in [0.717, 1.165) is 45.9 Å². The Bertz CT molecular complexity index is 804. The van der Waals surface area contributed by atoms with E-state index in [9.17, 15) is 0 Å². The van der Waals surface area contributed by atoms with Crippen molar-refractivity contribution in [1.82, 2.24) is 19.7 Å². The lowest BCUT2D eigenvalue weighted by molar-refractivity contribution is 0.792. The summed E-state index contributed by atoms with van der Waals surface area (Å²) in [6.45, 7) is 7.42. The van der Waals surface area contributed by atoms with Crippen molar-refractivity contribution in [2.75, 3.05) is 0 Å². The summed E-state index contributed by atoms with van der Waals surface area (Å²) < 4.78 is 2.21. The monoisotopic (exact) mass is 281 g/mol. The fraction of sp³-hybridized carbons (Fsp3) is 0.312. The van der Waals surface area contributed by atoms with Gasteiger partial charge >= 0.3 is 0 Å². The number of hydrogen-bond acceptors (Lipinski definition) is 4. The van der Waals surface area contributed by atoms with Gasteiger partial charge < -0.3 is 10.3 Å². The van der Waals surface area contributed by atoms with Gasteiger partial charge in [-0.1, -0.05) is 6.07 Å². The fourth-order valence-electron chi connectivity index (χ4n) is 2.60. The van der Waals surface area contributed by atoms with Crippen LogP contribution in [0.5, 0.6) is 0 Å². The van der Waals surface area contributed by atoms with E-state index in [1.165, 1.54) is 0 Å². The summed E-state index contributed by atoms with van der Waals surface area (Å²) in [4.78, 5) is 4.80. The second-order valence-corrected chi connectivity index (χ2v) is 5.19. The molecule has 5 heteroatoms. The van der Waals surface area contributed by atoms with E-state index in [-0.39, 0.29) is 0 Å². The maximum atomic E-state index is 5.72. The number of imidazole rings is 1. The summed E-state index contributed by atoms with van der Waals surface area (Å²) in [6.07, 6.45) is 0. The predicted octanol–water partition coefficient (Wildman–Crippen LogP) is 2.59. The molecule has 1 aromatic carbocycles. The van der Waals surface area contributed by atoms with Crippen molar-refractivity contribution in [3.8, 4) is 11.4 Å². The summed E-state index contributed by atoms with van der Waals surface area (Å²) in [5.41, 5.74) is 11.7. The van der Waals surface area contributed by atoms with Crippen LogP contribution in [0.25, 0.3) is 22.4 Å². The van der Waals surface area contributed by atoms with Gasteiger partial charge in [0.25, 0.3) is 0 Å². The summed E-state index contributed by atoms with van der Waals surface area (Å²) in [6, 6.07) is 8.25. The van der Waals surface area contributed by atoms with Crippen LogP contribution in [0.3, 0.4) is 0 Å². The van der Waals surface area contributed by atoms with E-state index >= 15 is 0 Å². The molecule has 0 fully saturated rings. The van der Waals surface area contributed by atoms with Crippen molar-refractivity contribution < 1.29 is 0 Å². The number of nitrogens with two attached hydrogens (primary N) is 1. The molecule has 0 saturated heterocycles. The SMILES string of the molecule is CCn1c(-c2cc(C)nnc2C)nc2cc(CN)ccc21. The van der Waals surface area contributed by atoms with Crippen molar-refractivity contribution in [3.05, 3.63) is 41.2 Å². The van der Waals surface area contributed by atoms with Gasteiger partial charge in [-0.05, 0) is 44.5 Å². The van der Waals surface area contributed by atoms with Crippen LogP contribution in [0.1, 0.15) is 23.9 Å². The third-order valence-electron chi connectivity index (χ3n) is 3.71. The molecule has 0 aliphatic carbocycles.